The van der Waals surface area contributed by atoms with E-state index in [1.54, 1.807) is 18.2 Å². The fraction of sp³-hybridized carbons (Fsp3) is 0.133. The van der Waals surface area contributed by atoms with Crippen LogP contribution in [0.5, 0.6) is 5.75 Å². The van der Waals surface area contributed by atoms with Crippen molar-refractivity contribution in [3.63, 3.8) is 0 Å². The molecule has 4 heteroatoms. The Kier molecular flexibility index (Phi) is 4.15. The van der Waals surface area contributed by atoms with Gasteiger partial charge in [-0.15, -0.1) is 0 Å². The summed E-state index contributed by atoms with van der Waals surface area (Å²) >= 11 is 0. The van der Waals surface area contributed by atoms with Gasteiger partial charge >= 0.3 is 0 Å². The van der Waals surface area contributed by atoms with Gasteiger partial charge in [-0.25, -0.2) is 5.84 Å². The first-order chi connectivity index (χ1) is 9.19. The third kappa shape index (κ3) is 3.56. The number of carbonyl (C=O) groups is 1. The minimum atomic E-state index is -0.333. The van der Waals surface area contributed by atoms with Crippen molar-refractivity contribution in [1.29, 1.82) is 0 Å². The number of hydrazine groups is 1. The van der Waals surface area contributed by atoms with Crippen LogP contribution in [0.15, 0.2) is 48.5 Å². The highest BCUT2D eigenvalue weighted by molar-refractivity contribution is 5.94. The average molecular weight is 256 g/mol. The lowest BCUT2D eigenvalue weighted by atomic mass is 10.1. The zero-order valence-electron chi connectivity index (χ0n) is 10.7. The van der Waals surface area contributed by atoms with Gasteiger partial charge in [-0.05, 0) is 30.7 Å². The van der Waals surface area contributed by atoms with Gasteiger partial charge in [-0.3, -0.25) is 10.2 Å². The molecule has 0 aliphatic carbocycles. The maximum absolute atomic E-state index is 11.4. The highest BCUT2D eigenvalue weighted by atomic mass is 16.5. The summed E-state index contributed by atoms with van der Waals surface area (Å²) in [5.41, 5.74) is 4.87. The Bertz CT molecular complexity index is 565. The molecular weight excluding hydrogens is 240 g/mol. The van der Waals surface area contributed by atoms with Crippen LogP contribution >= 0.6 is 0 Å². The molecule has 0 aliphatic heterocycles. The average Bonchev–Trinajstić information content (AvgIpc) is 2.46. The summed E-state index contributed by atoms with van der Waals surface area (Å²) in [6, 6.07) is 15.0. The zero-order valence-corrected chi connectivity index (χ0v) is 10.7. The third-order valence-corrected chi connectivity index (χ3v) is 2.75. The number of ether oxygens (including phenoxy) is 1. The summed E-state index contributed by atoms with van der Waals surface area (Å²) < 4.78 is 5.65. The number of hydrogen-bond acceptors (Lipinski definition) is 3. The minimum Gasteiger partial charge on any atom is -0.489 e. The molecule has 0 atom stereocenters. The molecule has 1 amide bonds. The first-order valence-electron chi connectivity index (χ1n) is 5.98. The number of hydrogen-bond donors (Lipinski definition) is 2. The number of carbonyl (C=O) groups excluding carboxylic acids is 1. The molecule has 2 aromatic carbocycles. The largest absolute Gasteiger partial charge is 0.489 e. The number of rotatable bonds is 4. The molecule has 98 valence electrons. The number of aryl methyl sites for hydroxylation is 1. The molecule has 4 nitrogen and oxygen atoms in total. The number of benzene rings is 2. The lowest BCUT2D eigenvalue weighted by molar-refractivity contribution is 0.0953. The lowest BCUT2D eigenvalue weighted by Crippen LogP contribution is -2.29. The molecule has 0 aromatic heterocycles. The summed E-state index contributed by atoms with van der Waals surface area (Å²) in [4.78, 5) is 11.4. The fourth-order valence-electron chi connectivity index (χ4n) is 1.66. The normalized spacial score (nSPS) is 10.0. The maximum atomic E-state index is 11.4. The molecule has 3 N–H and O–H groups in total. The molecular formula is C15H16N2O2. The van der Waals surface area contributed by atoms with Crippen molar-refractivity contribution >= 4 is 5.91 Å². The van der Waals surface area contributed by atoms with Crippen LogP contribution < -0.4 is 16.0 Å². The third-order valence-electron chi connectivity index (χ3n) is 2.75. The van der Waals surface area contributed by atoms with E-state index in [-0.39, 0.29) is 5.91 Å². The van der Waals surface area contributed by atoms with Crippen molar-refractivity contribution in [3.05, 3.63) is 65.2 Å². The SMILES string of the molecule is Cc1ccc(COc2cccc(C(=O)NN)c2)cc1. The smallest absolute Gasteiger partial charge is 0.265 e. The predicted octanol–water partition coefficient (Wildman–Crippen LogP) is 2.18. The molecule has 0 radical (unpaired) electrons. The Morgan fingerprint density at radius 1 is 1.21 bits per heavy atom. The summed E-state index contributed by atoms with van der Waals surface area (Å²) in [6.45, 7) is 2.51. The van der Waals surface area contributed by atoms with Gasteiger partial charge in [0.25, 0.3) is 5.91 Å². The van der Waals surface area contributed by atoms with Gasteiger partial charge in [0.2, 0.25) is 0 Å². The van der Waals surface area contributed by atoms with Crippen molar-refractivity contribution < 1.29 is 9.53 Å². The van der Waals surface area contributed by atoms with Gasteiger partial charge in [-0.1, -0.05) is 35.9 Å². The van der Waals surface area contributed by atoms with Crippen molar-refractivity contribution in [2.75, 3.05) is 0 Å². The van der Waals surface area contributed by atoms with Crippen LogP contribution in [0.1, 0.15) is 21.5 Å². The molecule has 0 saturated carbocycles. The molecule has 2 aromatic rings. The monoisotopic (exact) mass is 256 g/mol. The molecule has 0 saturated heterocycles. The second kappa shape index (κ2) is 6.02. The van der Waals surface area contributed by atoms with Crippen molar-refractivity contribution in [1.82, 2.24) is 5.43 Å². The van der Waals surface area contributed by atoms with Crippen LogP contribution in [0, 0.1) is 6.92 Å². The molecule has 0 spiro atoms. The zero-order chi connectivity index (χ0) is 13.7. The van der Waals surface area contributed by atoms with E-state index in [2.05, 4.69) is 5.43 Å². The minimum absolute atomic E-state index is 0.333. The van der Waals surface area contributed by atoms with Gasteiger partial charge < -0.3 is 4.74 Å². The Morgan fingerprint density at radius 2 is 1.95 bits per heavy atom. The van der Waals surface area contributed by atoms with Crippen LogP contribution in [0.4, 0.5) is 0 Å². The molecule has 0 aliphatic rings. The summed E-state index contributed by atoms with van der Waals surface area (Å²) in [5.74, 6) is 5.40. The topological polar surface area (TPSA) is 64.3 Å². The first-order valence-corrected chi connectivity index (χ1v) is 5.98. The molecule has 0 bridgehead atoms. The molecule has 0 heterocycles. The summed E-state index contributed by atoms with van der Waals surface area (Å²) in [5, 5.41) is 0. The van der Waals surface area contributed by atoms with Crippen molar-refractivity contribution in [2.24, 2.45) is 5.84 Å². The second-order valence-corrected chi connectivity index (χ2v) is 4.28. The first kappa shape index (κ1) is 13.1. The van der Waals surface area contributed by atoms with E-state index in [0.717, 1.165) is 5.56 Å². The number of nitrogens with two attached hydrogens (primary N) is 1. The van der Waals surface area contributed by atoms with Gasteiger partial charge in [-0.2, -0.15) is 0 Å². The highest BCUT2D eigenvalue weighted by Gasteiger charge is 2.04. The van der Waals surface area contributed by atoms with Crippen LogP contribution in [0.25, 0.3) is 0 Å². The van der Waals surface area contributed by atoms with E-state index in [4.69, 9.17) is 10.6 Å². The van der Waals surface area contributed by atoms with E-state index in [9.17, 15) is 4.79 Å². The maximum Gasteiger partial charge on any atom is 0.265 e. The van der Waals surface area contributed by atoms with Gasteiger partial charge in [0.05, 0.1) is 0 Å². The Balaban J connectivity index is 2.03. The molecule has 0 unspecified atom stereocenters. The standard InChI is InChI=1S/C15H16N2O2/c1-11-5-7-12(8-6-11)10-19-14-4-2-3-13(9-14)15(18)17-16/h2-9H,10,16H2,1H3,(H,17,18). The van der Waals surface area contributed by atoms with E-state index < -0.39 is 0 Å². The Labute approximate surface area is 112 Å². The quantitative estimate of drug-likeness (QED) is 0.500. The molecule has 0 fully saturated rings. The lowest BCUT2D eigenvalue weighted by Gasteiger charge is -2.08. The van der Waals surface area contributed by atoms with Crippen LogP contribution in [-0.4, -0.2) is 5.91 Å². The number of nitrogen functional groups attached to an aromatic ring is 1. The summed E-state index contributed by atoms with van der Waals surface area (Å²) in [6.07, 6.45) is 0. The van der Waals surface area contributed by atoms with Crippen molar-refractivity contribution in [3.8, 4) is 5.75 Å². The molecule has 19 heavy (non-hydrogen) atoms. The van der Waals surface area contributed by atoms with E-state index in [0.29, 0.717) is 17.9 Å². The summed E-state index contributed by atoms with van der Waals surface area (Å²) in [7, 11) is 0. The Morgan fingerprint density at radius 3 is 2.63 bits per heavy atom. The second-order valence-electron chi connectivity index (χ2n) is 4.28. The van der Waals surface area contributed by atoms with Gasteiger partial charge in [0.1, 0.15) is 12.4 Å². The fourth-order valence-corrected chi connectivity index (χ4v) is 1.66. The number of nitrogens with one attached hydrogen (secondary N) is 1. The van der Waals surface area contributed by atoms with Gasteiger partial charge in [0.15, 0.2) is 0 Å². The molecule has 2 rings (SSSR count). The van der Waals surface area contributed by atoms with Crippen LogP contribution in [0.2, 0.25) is 0 Å². The van der Waals surface area contributed by atoms with Crippen LogP contribution in [0.3, 0.4) is 0 Å². The van der Waals surface area contributed by atoms with Gasteiger partial charge in [0, 0.05) is 5.56 Å². The Hall–Kier alpha value is -2.33. The van der Waals surface area contributed by atoms with Crippen LogP contribution in [-0.2, 0) is 6.61 Å². The number of amides is 1. The predicted molar refractivity (Wildman–Crippen MR) is 73.6 cm³/mol. The highest BCUT2D eigenvalue weighted by Crippen LogP contribution is 2.15. The van der Waals surface area contributed by atoms with Crippen molar-refractivity contribution in [2.45, 2.75) is 13.5 Å². The van der Waals surface area contributed by atoms with E-state index >= 15 is 0 Å². The van der Waals surface area contributed by atoms with E-state index in [1.807, 2.05) is 37.3 Å². The van der Waals surface area contributed by atoms with E-state index in [1.165, 1.54) is 5.56 Å².